The van der Waals surface area contributed by atoms with Gasteiger partial charge in [0.15, 0.2) is 0 Å². The molecule has 0 aliphatic rings. The van der Waals surface area contributed by atoms with Gasteiger partial charge in [0, 0.05) is 6.20 Å². The van der Waals surface area contributed by atoms with Gasteiger partial charge < -0.3 is 10.8 Å². The van der Waals surface area contributed by atoms with Crippen LogP contribution in [-0.4, -0.2) is 14.5 Å². The topological polar surface area (TPSA) is 63.5 Å². The van der Waals surface area contributed by atoms with Crippen molar-refractivity contribution in [3.05, 3.63) is 29.6 Å². The van der Waals surface area contributed by atoms with Crippen LogP contribution in [0.1, 0.15) is 31.0 Å². The van der Waals surface area contributed by atoms with Crippen molar-refractivity contribution in [2.24, 2.45) is 0 Å². The summed E-state index contributed by atoms with van der Waals surface area (Å²) in [6, 6.07) is 3.69. The van der Waals surface area contributed by atoms with Gasteiger partial charge in [-0.3, -0.25) is 4.40 Å². The average Bonchev–Trinajstić information content (AvgIpc) is 2.55. The molecule has 0 aromatic carbocycles. The van der Waals surface area contributed by atoms with Gasteiger partial charge >= 0.3 is 0 Å². The van der Waals surface area contributed by atoms with Crippen LogP contribution in [-0.2, 0) is 6.61 Å². The summed E-state index contributed by atoms with van der Waals surface area (Å²) in [5, 5.41) is 9.01. The number of pyridine rings is 1. The molecule has 2 aromatic heterocycles. The van der Waals surface area contributed by atoms with Gasteiger partial charge in [-0.1, -0.05) is 13.8 Å². The van der Waals surface area contributed by atoms with Crippen LogP contribution in [0.15, 0.2) is 18.3 Å². The maximum absolute atomic E-state index is 9.01. The lowest BCUT2D eigenvalue weighted by molar-refractivity contribution is 0.282. The van der Waals surface area contributed by atoms with Crippen molar-refractivity contribution in [3.63, 3.8) is 0 Å². The molecule has 0 saturated heterocycles. The van der Waals surface area contributed by atoms with Crippen LogP contribution in [0.25, 0.3) is 5.65 Å². The quantitative estimate of drug-likeness (QED) is 0.781. The molecule has 2 rings (SSSR count). The number of nitrogens with two attached hydrogens (primary N) is 1. The maximum atomic E-state index is 9.01. The fraction of sp³-hybridized carbons (Fsp3) is 0.364. The lowest BCUT2D eigenvalue weighted by Crippen LogP contribution is -1.97. The van der Waals surface area contributed by atoms with E-state index in [9.17, 15) is 0 Å². The Bertz CT molecular complexity index is 488. The first-order chi connectivity index (χ1) is 7.13. The molecule has 80 valence electrons. The highest BCUT2D eigenvalue weighted by molar-refractivity contribution is 5.54. The summed E-state index contributed by atoms with van der Waals surface area (Å²) >= 11 is 0. The number of imidazole rings is 1. The fourth-order valence-electron chi connectivity index (χ4n) is 1.65. The Morgan fingerprint density at radius 3 is 2.87 bits per heavy atom. The summed E-state index contributed by atoms with van der Waals surface area (Å²) in [7, 11) is 0. The largest absolute Gasteiger partial charge is 0.392 e. The van der Waals surface area contributed by atoms with Crippen LogP contribution >= 0.6 is 0 Å². The average molecular weight is 205 g/mol. The zero-order valence-corrected chi connectivity index (χ0v) is 8.94. The zero-order valence-electron chi connectivity index (χ0n) is 8.94. The minimum atomic E-state index is 0.0281. The molecule has 2 heterocycles. The first-order valence-corrected chi connectivity index (χ1v) is 5.00. The van der Waals surface area contributed by atoms with Gasteiger partial charge in [-0.25, -0.2) is 4.98 Å². The Kier molecular flexibility index (Phi) is 2.36. The van der Waals surface area contributed by atoms with Crippen molar-refractivity contribution in [1.82, 2.24) is 9.38 Å². The second kappa shape index (κ2) is 3.55. The molecule has 0 atom stereocenters. The summed E-state index contributed by atoms with van der Waals surface area (Å²) in [4.78, 5) is 4.45. The minimum absolute atomic E-state index is 0.0281. The molecular weight excluding hydrogens is 190 g/mol. The lowest BCUT2D eigenvalue weighted by Gasteiger charge is -2.01. The minimum Gasteiger partial charge on any atom is -0.392 e. The smallest absolute Gasteiger partial charge is 0.139 e. The Hall–Kier alpha value is -1.55. The first kappa shape index (κ1) is 9.98. The summed E-state index contributed by atoms with van der Waals surface area (Å²) in [6.07, 6.45) is 1.84. The Morgan fingerprint density at radius 2 is 2.27 bits per heavy atom. The van der Waals surface area contributed by atoms with E-state index in [2.05, 4.69) is 18.8 Å². The summed E-state index contributed by atoms with van der Waals surface area (Å²) in [5.74, 6) is 0.993. The molecule has 4 heteroatoms. The van der Waals surface area contributed by atoms with Crippen LogP contribution in [0.5, 0.6) is 0 Å². The van der Waals surface area contributed by atoms with Gasteiger partial charge in [0.1, 0.15) is 11.5 Å². The van der Waals surface area contributed by atoms with Gasteiger partial charge in [-0.15, -0.1) is 0 Å². The third kappa shape index (κ3) is 1.57. The van der Waals surface area contributed by atoms with Crippen LogP contribution in [0.3, 0.4) is 0 Å². The third-order valence-electron chi connectivity index (χ3n) is 2.49. The van der Waals surface area contributed by atoms with Crippen LogP contribution < -0.4 is 5.73 Å². The van der Waals surface area contributed by atoms with Crippen LogP contribution in [0.2, 0.25) is 0 Å². The van der Waals surface area contributed by atoms with Crippen molar-refractivity contribution >= 4 is 11.5 Å². The van der Waals surface area contributed by atoms with E-state index in [0.717, 1.165) is 16.9 Å². The Balaban J connectivity index is 2.65. The molecule has 0 aliphatic carbocycles. The van der Waals surface area contributed by atoms with Crippen molar-refractivity contribution in [2.75, 3.05) is 5.73 Å². The molecule has 0 spiro atoms. The number of fused-ring (bicyclic) bond motifs is 1. The summed E-state index contributed by atoms with van der Waals surface area (Å²) in [6.45, 7) is 4.15. The molecule has 0 radical (unpaired) electrons. The molecule has 0 unspecified atom stereocenters. The first-order valence-electron chi connectivity index (χ1n) is 5.00. The van der Waals surface area contributed by atoms with E-state index in [4.69, 9.17) is 10.8 Å². The second-order valence-corrected chi connectivity index (χ2v) is 3.96. The second-order valence-electron chi connectivity index (χ2n) is 3.96. The van der Waals surface area contributed by atoms with E-state index >= 15 is 0 Å². The Labute approximate surface area is 88.4 Å². The van der Waals surface area contributed by atoms with Crippen LogP contribution in [0, 0.1) is 0 Å². The third-order valence-corrected chi connectivity index (χ3v) is 2.49. The SMILES string of the molecule is CC(C)c1nc2cc(CO)ccn2c1N. The molecule has 0 fully saturated rings. The summed E-state index contributed by atoms with van der Waals surface area (Å²) < 4.78 is 1.84. The number of aromatic nitrogens is 2. The normalized spacial score (nSPS) is 11.5. The van der Waals surface area contributed by atoms with E-state index in [1.165, 1.54) is 0 Å². The Morgan fingerprint density at radius 1 is 1.53 bits per heavy atom. The molecule has 0 amide bonds. The molecule has 0 saturated carbocycles. The highest BCUT2D eigenvalue weighted by Crippen LogP contribution is 2.22. The van der Waals surface area contributed by atoms with Crippen molar-refractivity contribution in [2.45, 2.75) is 26.4 Å². The molecule has 4 nitrogen and oxygen atoms in total. The summed E-state index contributed by atoms with van der Waals surface area (Å²) in [5.41, 5.74) is 8.52. The van der Waals surface area contributed by atoms with E-state index in [1.807, 2.05) is 22.7 Å². The predicted octanol–water partition coefficient (Wildman–Crippen LogP) is 1.53. The monoisotopic (exact) mass is 205 g/mol. The van der Waals surface area contributed by atoms with Gasteiger partial charge in [0.25, 0.3) is 0 Å². The zero-order chi connectivity index (χ0) is 11.0. The van der Waals surface area contributed by atoms with Gasteiger partial charge in [0.2, 0.25) is 0 Å². The number of nitrogen functional groups attached to an aromatic ring is 1. The van der Waals surface area contributed by atoms with E-state index in [1.54, 1.807) is 0 Å². The molecule has 2 aromatic rings. The standard InChI is InChI=1S/C11H15N3O/c1-7(2)10-11(12)14-4-3-8(6-15)5-9(14)13-10/h3-5,7,15H,6,12H2,1-2H3. The number of anilines is 1. The molecule has 0 bridgehead atoms. The maximum Gasteiger partial charge on any atom is 0.139 e. The molecular formula is C11H15N3O. The van der Waals surface area contributed by atoms with Gasteiger partial charge in [-0.2, -0.15) is 0 Å². The number of hydrogen-bond donors (Lipinski definition) is 2. The van der Waals surface area contributed by atoms with Crippen molar-refractivity contribution in [3.8, 4) is 0 Å². The fourth-order valence-corrected chi connectivity index (χ4v) is 1.65. The van der Waals surface area contributed by atoms with Crippen LogP contribution in [0.4, 0.5) is 5.82 Å². The molecule has 0 aliphatic heterocycles. The number of rotatable bonds is 2. The van der Waals surface area contributed by atoms with Crippen molar-refractivity contribution in [1.29, 1.82) is 0 Å². The predicted molar refractivity (Wildman–Crippen MR) is 59.6 cm³/mol. The molecule has 3 N–H and O–H groups in total. The van der Waals surface area contributed by atoms with Gasteiger partial charge in [-0.05, 0) is 23.6 Å². The highest BCUT2D eigenvalue weighted by Gasteiger charge is 2.12. The van der Waals surface area contributed by atoms with E-state index in [0.29, 0.717) is 11.7 Å². The number of aliphatic hydroxyl groups is 1. The van der Waals surface area contributed by atoms with Crippen molar-refractivity contribution < 1.29 is 5.11 Å². The number of aliphatic hydroxyl groups excluding tert-OH is 1. The number of hydrogen-bond acceptors (Lipinski definition) is 3. The lowest BCUT2D eigenvalue weighted by atomic mass is 10.1. The van der Waals surface area contributed by atoms with E-state index in [-0.39, 0.29) is 6.61 Å². The highest BCUT2D eigenvalue weighted by atomic mass is 16.3. The molecule has 15 heavy (non-hydrogen) atoms. The van der Waals surface area contributed by atoms with E-state index < -0.39 is 0 Å². The van der Waals surface area contributed by atoms with Gasteiger partial charge in [0.05, 0.1) is 12.3 Å². The number of nitrogens with zero attached hydrogens (tertiary/aromatic N) is 2.